The fourth-order valence-corrected chi connectivity index (χ4v) is 2.48. The van der Waals surface area contributed by atoms with E-state index < -0.39 is 0 Å². The molecule has 0 N–H and O–H groups in total. The van der Waals surface area contributed by atoms with Gasteiger partial charge in [-0.15, -0.1) is 5.92 Å². The second-order valence-electron chi connectivity index (χ2n) is 5.35. The molecule has 0 spiro atoms. The van der Waals surface area contributed by atoms with E-state index >= 15 is 0 Å². The lowest BCUT2D eigenvalue weighted by Crippen LogP contribution is -2.05. The van der Waals surface area contributed by atoms with Gasteiger partial charge < -0.3 is 4.74 Å². The zero-order valence-corrected chi connectivity index (χ0v) is 14.0. The number of hydrogen-bond acceptors (Lipinski definition) is 1. The van der Waals surface area contributed by atoms with E-state index in [0.717, 1.165) is 23.6 Å². The molecular formula is C18H25ClO. The number of halogens is 1. The van der Waals surface area contributed by atoms with Crippen LogP contribution in [0.5, 0.6) is 5.75 Å². The van der Waals surface area contributed by atoms with Crippen molar-refractivity contribution in [1.82, 2.24) is 0 Å². The second-order valence-corrected chi connectivity index (χ2v) is 5.79. The zero-order chi connectivity index (χ0) is 15.1. The molecule has 0 saturated heterocycles. The highest BCUT2D eigenvalue weighted by Crippen LogP contribution is 2.34. The Morgan fingerprint density at radius 3 is 2.45 bits per heavy atom. The van der Waals surface area contributed by atoms with Gasteiger partial charge in [0.2, 0.25) is 0 Å². The first-order valence-corrected chi connectivity index (χ1v) is 7.80. The van der Waals surface area contributed by atoms with Crippen molar-refractivity contribution >= 4 is 11.6 Å². The number of benzene rings is 1. The summed E-state index contributed by atoms with van der Waals surface area (Å²) in [6, 6.07) is 4.03. The van der Waals surface area contributed by atoms with Crippen molar-refractivity contribution in [2.45, 2.75) is 53.4 Å². The summed E-state index contributed by atoms with van der Waals surface area (Å²) < 4.78 is 5.88. The molecule has 1 unspecified atom stereocenters. The highest BCUT2D eigenvalue weighted by atomic mass is 35.5. The highest BCUT2D eigenvalue weighted by Gasteiger charge is 2.15. The van der Waals surface area contributed by atoms with Crippen molar-refractivity contribution in [2.75, 3.05) is 6.61 Å². The van der Waals surface area contributed by atoms with Crippen molar-refractivity contribution in [2.24, 2.45) is 5.92 Å². The first kappa shape index (κ1) is 16.9. The lowest BCUT2D eigenvalue weighted by Gasteiger charge is -2.19. The number of rotatable bonds is 5. The van der Waals surface area contributed by atoms with E-state index in [-0.39, 0.29) is 0 Å². The van der Waals surface area contributed by atoms with Crippen LogP contribution in [-0.2, 0) is 6.42 Å². The Morgan fingerprint density at radius 2 is 1.90 bits per heavy atom. The summed E-state index contributed by atoms with van der Waals surface area (Å²) in [5, 5.41) is 0.780. The average Bonchev–Trinajstić information content (AvgIpc) is 2.38. The van der Waals surface area contributed by atoms with Gasteiger partial charge in [0, 0.05) is 17.4 Å². The summed E-state index contributed by atoms with van der Waals surface area (Å²) in [6.45, 7) is 11.2. The van der Waals surface area contributed by atoms with Crippen LogP contribution in [0.25, 0.3) is 0 Å². The Morgan fingerprint density at radius 1 is 1.20 bits per heavy atom. The average molecular weight is 293 g/mol. The molecule has 1 aromatic rings. The quantitative estimate of drug-likeness (QED) is 0.655. The predicted octanol–water partition coefficient (Wildman–Crippen LogP) is 5.45. The number of hydrogen-bond donors (Lipinski definition) is 0. The van der Waals surface area contributed by atoms with E-state index in [0.29, 0.717) is 18.4 Å². The molecule has 0 radical (unpaired) electrons. The standard InChI is InChI=1S/C18H25ClO/c1-6-8-9-14(5)10-15-11-16(19)12-17(13(3)4)18(15)20-7-2/h11-14H,6-7,10H2,1-5H3. The summed E-state index contributed by atoms with van der Waals surface area (Å²) in [5.41, 5.74) is 2.35. The molecule has 0 fully saturated rings. The molecule has 2 heteroatoms. The zero-order valence-electron chi connectivity index (χ0n) is 13.2. The van der Waals surface area contributed by atoms with Gasteiger partial charge in [0.1, 0.15) is 5.75 Å². The van der Waals surface area contributed by atoms with Crippen molar-refractivity contribution in [3.05, 3.63) is 28.3 Å². The maximum atomic E-state index is 6.26. The molecule has 110 valence electrons. The molecule has 1 rings (SSSR count). The fourth-order valence-electron chi connectivity index (χ4n) is 2.23. The van der Waals surface area contributed by atoms with Crippen molar-refractivity contribution in [3.63, 3.8) is 0 Å². The van der Waals surface area contributed by atoms with Crippen LogP contribution < -0.4 is 4.74 Å². The van der Waals surface area contributed by atoms with Crippen LogP contribution in [-0.4, -0.2) is 6.61 Å². The van der Waals surface area contributed by atoms with E-state index in [1.807, 2.05) is 19.1 Å². The van der Waals surface area contributed by atoms with Gasteiger partial charge in [-0.3, -0.25) is 0 Å². The lowest BCUT2D eigenvalue weighted by molar-refractivity contribution is 0.330. The molecule has 1 aromatic carbocycles. The van der Waals surface area contributed by atoms with E-state index in [1.165, 1.54) is 11.1 Å². The van der Waals surface area contributed by atoms with Crippen molar-refractivity contribution in [1.29, 1.82) is 0 Å². The first-order valence-electron chi connectivity index (χ1n) is 7.43. The minimum Gasteiger partial charge on any atom is -0.493 e. The van der Waals surface area contributed by atoms with Crippen LogP contribution >= 0.6 is 11.6 Å². The van der Waals surface area contributed by atoms with Crippen LogP contribution in [0.2, 0.25) is 5.02 Å². The summed E-state index contributed by atoms with van der Waals surface area (Å²) in [6.07, 6.45) is 1.78. The lowest BCUT2D eigenvalue weighted by atomic mass is 9.94. The fraction of sp³-hybridized carbons (Fsp3) is 0.556. The summed E-state index contributed by atoms with van der Waals surface area (Å²) in [5.74, 6) is 8.12. The largest absolute Gasteiger partial charge is 0.493 e. The second kappa shape index (κ2) is 8.22. The van der Waals surface area contributed by atoms with Crippen LogP contribution in [0.15, 0.2) is 12.1 Å². The molecule has 0 amide bonds. The third kappa shape index (κ3) is 4.76. The molecule has 1 atom stereocenters. The molecule has 0 heterocycles. The molecule has 0 aliphatic carbocycles. The van der Waals surface area contributed by atoms with Crippen LogP contribution in [0.4, 0.5) is 0 Å². The van der Waals surface area contributed by atoms with Gasteiger partial charge in [-0.05, 0) is 42.5 Å². The number of ether oxygens (including phenoxy) is 1. The van der Waals surface area contributed by atoms with Crippen molar-refractivity contribution in [3.8, 4) is 17.6 Å². The van der Waals surface area contributed by atoms with Crippen LogP contribution in [0.1, 0.15) is 58.1 Å². The SMILES string of the molecule is CCC#CC(C)Cc1cc(Cl)cc(C(C)C)c1OCC. The summed E-state index contributed by atoms with van der Waals surface area (Å²) in [7, 11) is 0. The molecule has 1 nitrogen and oxygen atoms in total. The molecule has 0 saturated carbocycles. The maximum absolute atomic E-state index is 6.26. The Hall–Kier alpha value is -1.13. The van der Waals surface area contributed by atoms with Crippen molar-refractivity contribution < 1.29 is 4.74 Å². The topological polar surface area (TPSA) is 9.23 Å². The Bertz CT molecular complexity index is 494. The smallest absolute Gasteiger partial charge is 0.126 e. The maximum Gasteiger partial charge on any atom is 0.126 e. The molecular weight excluding hydrogens is 268 g/mol. The van der Waals surface area contributed by atoms with E-state index in [9.17, 15) is 0 Å². The first-order chi connectivity index (χ1) is 9.49. The highest BCUT2D eigenvalue weighted by molar-refractivity contribution is 6.30. The monoisotopic (exact) mass is 292 g/mol. The molecule has 20 heavy (non-hydrogen) atoms. The van der Waals surface area contributed by atoms with E-state index in [4.69, 9.17) is 16.3 Å². The van der Waals surface area contributed by atoms with Gasteiger partial charge in [-0.1, -0.05) is 45.2 Å². The molecule has 0 aliphatic rings. The molecule has 0 aromatic heterocycles. The Kier molecular flexibility index (Phi) is 6.96. The van der Waals surface area contributed by atoms with E-state index in [2.05, 4.69) is 39.5 Å². The third-order valence-electron chi connectivity index (χ3n) is 3.12. The van der Waals surface area contributed by atoms with E-state index in [1.54, 1.807) is 0 Å². The van der Waals surface area contributed by atoms with Gasteiger partial charge in [-0.25, -0.2) is 0 Å². The summed E-state index contributed by atoms with van der Waals surface area (Å²) >= 11 is 6.26. The van der Waals surface area contributed by atoms with Gasteiger partial charge in [-0.2, -0.15) is 0 Å². The molecule has 0 aliphatic heterocycles. The van der Waals surface area contributed by atoms with Gasteiger partial charge in [0.15, 0.2) is 0 Å². The predicted molar refractivity (Wildman–Crippen MR) is 87.6 cm³/mol. The Labute approximate surface area is 128 Å². The minimum absolute atomic E-state index is 0.313. The van der Waals surface area contributed by atoms with Gasteiger partial charge in [0.25, 0.3) is 0 Å². The normalized spacial score (nSPS) is 11.9. The third-order valence-corrected chi connectivity index (χ3v) is 3.34. The Balaban J connectivity index is 3.15. The van der Waals surface area contributed by atoms with Gasteiger partial charge >= 0.3 is 0 Å². The van der Waals surface area contributed by atoms with Crippen LogP contribution in [0, 0.1) is 17.8 Å². The van der Waals surface area contributed by atoms with Crippen LogP contribution in [0.3, 0.4) is 0 Å². The molecule has 0 bridgehead atoms. The van der Waals surface area contributed by atoms with Gasteiger partial charge in [0.05, 0.1) is 6.61 Å². The summed E-state index contributed by atoms with van der Waals surface area (Å²) in [4.78, 5) is 0. The minimum atomic E-state index is 0.313.